The Morgan fingerprint density at radius 3 is 2.68 bits per heavy atom. The topological polar surface area (TPSA) is 69.7 Å². The number of Topliss-reactive ketones (excluding diaryl/α,β-unsaturated/α-hetero) is 1. The molecule has 19 heavy (non-hydrogen) atoms. The summed E-state index contributed by atoms with van der Waals surface area (Å²) in [7, 11) is 1.28. The highest BCUT2D eigenvalue weighted by Gasteiger charge is 2.46. The lowest BCUT2D eigenvalue weighted by molar-refractivity contribution is -0.162. The van der Waals surface area contributed by atoms with Crippen molar-refractivity contribution < 1.29 is 23.9 Å². The molecule has 5 nitrogen and oxygen atoms in total. The van der Waals surface area contributed by atoms with Crippen molar-refractivity contribution in [3.63, 3.8) is 0 Å². The van der Waals surface area contributed by atoms with Crippen LogP contribution < -0.4 is 0 Å². The second-order valence-corrected chi connectivity index (χ2v) is 4.56. The van der Waals surface area contributed by atoms with Crippen LogP contribution in [-0.2, 0) is 23.9 Å². The number of methoxy groups -OCH3 is 1. The van der Waals surface area contributed by atoms with E-state index in [1.54, 1.807) is 6.92 Å². The molecule has 0 N–H and O–H groups in total. The van der Waals surface area contributed by atoms with Gasteiger partial charge in [-0.15, -0.1) is 0 Å². The fraction of sp³-hybridized carbons (Fsp3) is 0.643. The highest BCUT2D eigenvalue weighted by atomic mass is 16.5. The Morgan fingerprint density at radius 2 is 2.11 bits per heavy atom. The fourth-order valence-electron chi connectivity index (χ4n) is 2.30. The molecule has 1 aliphatic rings. The van der Waals surface area contributed by atoms with Gasteiger partial charge in [0.25, 0.3) is 0 Å². The number of rotatable bonds is 5. The van der Waals surface area contributed by atoms with E-state index in [4.69, 9.17) is 4.74 Å². The highest BCUT2D eigenvalue weighted by Crippen LogP contribution is 2.38. The van der Waals surface area contributed by atoms with E-state index >= 15 is 0 Å². The van der Waals surface area contributed by atoms with E-state index in [-0.39, 0.29) is 18.8 Å². The second kappa shape index (κ2) is 7.07. The van der Waals surface area contributed by atoms with Gasteiger partial charge in [0.1, 0.15) is 11.2 Å². The van der Waals surface area contributed by atoms with Gasteiger partial charge in [0.2, 0.25) is 0 Å². The molecular weight excluding hydrogens is 248 g/mol. The third-order valence-corrected chi connectivity index (χ3v) is 3.38. The predicted octanol–water partition coefficient (Wildman–Crippen LogP) is 1.80. The molecule has 1 rings (SSSR count). The van der Waals surface area contributed by atoms with Crippen LogP contribution >= 0.6 is 0 Å². The van der Waals surface area contributed by atoms with Gasteiger partial charge in [-0.1, -0.05) is 12.5 Å². The summed E-state index contributed by atoms with van der Waals surface area (Å²) >= 11 is 0. The average molecular weight is 268 g/mol. The first-order valence-electron chi connectivity index (χ1n) is 6.52. The normalized spacial score (nSPS) is 23.4. The average Bonchev–Trinajstić information content (AvgIpc) is 2.41. The Morgan fingerprint density at radius 1 is 1.37 bits per heavy atom. The van der Waals surface area contributed by atoms with Crippen LogP contribution in [0.25, 0.3) is 0 Å². The number of ketones is 1. The minimum Gasteiger partial charge on any atom is -0.466 e. The maximum atomic E-state index is 12.1. The van der Waals surface area contributed by atoms with Crippen LogP contribution in [0, 0.1) is 5.41 Å². The smallest absolute Gasteiger partial charge is 0.330 e. The first-order chi connectivity index (χ1) is 9.06. The van der Waals surface area contributed by atoms with E-state index in [0.29, 0.717) is 12.8 Å². The van der Waals surface area contributed by atoms with Crippen LogP contribution in [0.2, 0.25) is 0 Å². The Labute approximate surface area is 112 Å². The molecule has 0 heterocycles. The number of ether oxygens (including phenoxy) is 2. The lowest BCUT2D eigenvalue weighted by Gasteiger charge is -2.32. The Bertz CT molecular complexity index is 385. The van der Waals surface area contributed by atoms with E-state index in [1.165, 1.54) is 19.3 Å². The number of hydrogen-bond acceptors (Lipinski definition) is 5. The van der Waals surface area contributed by atoms with E-state index in [1.807, 2.05) is 0 Å². The molecule has 106 valence electrons. The van der Waals surface area contributed by atoms with Gasteiger partial charge in [-0.05, 0) is 26.2 Å². The Hall–Kier alpha value is -1.65. The summed E-state index contributed by atoms with van der Waals surface area (Å²) < 4.78 is 9.51. The Kier molecular flexibility index (Phi) is 5.73. The molecule has 1 atom stereocenters. The number of allylic oxidation sites excluding steroid dienone is 1. The van der Waals surface area contributed by atoms with Crippen LogP contribution in [0.5, 0.6) is 0 Å². The Balaban J connectivity index is 2.86. The van der Waals surface area contributed by atoms with Crippen LogP contribution in [0.3, 0.4) is 0 Å². The summed E-state index contributed by atoms with van der Waals surface area (Å²) in [5.41, 5.74) is -1.11. The summed E-state index contributed by atoms with van der Waals surface area (Å²) in [5.74, 6) is -1.07. The molecule has 0 radical (unpaired) electrons. The quantitative estimate of drug-likeness (QED) is 0.432. The molecule has 0 unspecified atom stereocenters. The van der Waals surface area contributed by atoms with Crippen LogP contribution in [0.1, 0.15) is 39.0 Å². The van der Waals surface area contributed by atoms with Crippen molar-refractivity contribution in [1.82, 2.24) is 0 Å². The van der Waals surface area contributed by atoms with Crippen LogP contribution in [0.4, 0.5) is 0 Å². The van der Waals surface area contributed by atoms with Crippen LogP contribution in [0.15, 0.2) is 12.2 Å². The van der Waals surface area contributed by atoms with Crippen molar-refractivity contribution in [3.05, 3.63) is 12.2 Å². The first-order valence-corrected chi connectivity index (χ1v) is 6.52. The van der Waals surface area contributed by atoms with Gasteiger partial charge in [-0.2, -0.15) is 0 Å². The molecule has 0 bridgehead atoms. The van der Waals surface area contributed by atoms with E-state index in [0.717, 1.165) is 12.8 Å². The van der Waals surface area contributed by atoms with Crippen molar-refractivity contribution in [2.75, 3.05) is 13.7 Å². The summed E-state index contributed by atoms with van der Waals surface area (Å²) in [6.07, 6.45) is 5.45. The third kappa shape index (κ3) is 3.66. The fourth-order valence-corrected chi connectivity index (χ4v) is 2.30. The van der Waals surface area contributed by atoms with E-state index < -0.39 is 17.4 Å². The number of hydrogen-bond donors (Lipinski definition) is 0. The molecular formula is C14H20O5. The lowest BCUT2D eigenvalue weighted by Crippen LogP contribution is -2.42. The number of esters is 2. The van der Waals surface area contributed by atoms with Gasteiger partial charge in [-0.3, -0.25) is 9.59 Å². The monoisotopic (exact) mass is 268 g/mol. The third-order valence-electron chi connectivity index (χ3n) is 3.38. The maximum absolute atomic E-state index is 12.1. The minimum absolute atomic E-state index is 0.0910. The van der Waals surface area contributed by atoms with Gasteiger partial charge in [0.05, 0.1) is 13.7 Å². The van der Waals surface area contributed by atoms with Gasteiger partial charge in [0, 0.05) is 12.5 Å². The zero-order valence-corrected chi connectivity index (χ0v) is 11.4. The van der Waals surface area contributed by atoms with Crippen molar-refractivity contribution in [1.29, 1.82) is 0 Å². The predicted molar refractivity (Wildman–Crippen MR) is 68.3 cm³/mol. The summed E-state index contributed by atoms with van der Waals surface area (Å²) in [4.78, 5) is 35.2. The van der Waals surface area contributed by atoms with Crippen LogP contribution in [-0.4, -0.2) is 31.4 Å². The molecule has 0 aromatic carbocycles. The number of carbonyl (C=O) groups excluding carboxylic acids is 3. The van der Waals surface area contributed by atoms with Crippen molar-refractivity contribution in [3.8, 4) is 0 Å². The van der Waals surface area contributed by atoms with Gasteiger partial charge in [-0.25, -0.2) is 4.79 Å². The molecule has 0 aromatic heterocycles. The molecule has 0 amide bonds. The zero-order valence-electron chi connectivity index (χ0n) is 11.4. The molecule has 1 aliphatic carbocycles. The zero-order chi connectivity index (χ0) is 14.3. The van der Waals surface area contributed by atoms with Crippen molar-refractivity contribution >= 4 is 17.7 Å². The van der Waals surface area contributed by atoms with E-state index in [2.05, 4.69) is 4.74 Å². The molecule has 0 saturated heterocycles. The second-order valence-electron chi connectivity index (χ2n) is 4.56. The summed E-state index contributed by atoms with van der Waals surface area (Å²) in [5, 5.41) is 0. The minimum atomic E-state index is -1.11. The van der Waals surface area contributed by atoms with E-state index in [9.17, 15) is 14.4 Å². The van der Waals surface area contributed by atoms with Gasteiger partial charge in [0.15, 0.2) is 0 Å². The largest absolute Gasteiger partial charge is 0.466 e. The first kappa shape index (κ1) is 15.4. The molecule has 0 spiro atoms. The summed E-state index contributed by atoms with van der Waals surface area (Å²) in [6.45, 7) is 1.96. The molecule has 5 heteroatoms. The molecule has 0 aromatic rings. The highest BCUT2D eigenvalue weighted by molar-refractivity contribution is 6.04. The standard InChI is InChI=1S/C14H20O5/c1-3-19-13(17)14(9-5-4-7-11(14)15)10-6-8-12(16)18-2/h6,8H,3-5,7,9-10H2,1-2H3/b8-6+/t14-/m0/s1. The number of carbonyl (C=O) groups is 3. The summed E-state index contributed by atoms with van der Waals surface area (Å²) in [6, 6.07) is 0. The SMILES string of the molecule is CCOC(=O)[C@]1(C/C=C/C(=O)OC)CCCCC1=O. The van der Waals surface area contributed by atoms with Gasteiger partial charge >= 0.3 is 11.9 Å². The molecule has 1 saturated carbocycles. The molecule has 1 fully saturated rings. The van der Waals surface area contributed by atoms with Gasteiger partial charge < -0.3 is 9.47 Å². The molecule has 0 aliphatic heterocycles. The van der Waals surface area contributed by atoms with Crippen molar-refractivity contribution in [2.45, 2.75) is 39.0 Å². The van der Waals surface area contributed by atoms with Crippen molar-refractivity contribution in [2.24, 2.45) is 5.41 Å². The maximum Gasteiger partial charge on any atom is 0.330 e. The lowest BCUT2D eigenvalue weighted by atomic mass is 9.70.